The molecule has 0 fully saturated rings. The Labute approximate surface area is 124 Å². The van der Waals surface area contributed by atoms with E-state index in [9.17, 15) is 0 Å². The van der Waals surface area contributed by atoms with Crippen molar-refractivity contribution in [3.05, 3.63) is 72.4 Å². The van der Waals surface area contributed by atoms with Crippen LogP contribution >= 0.6 is 0 Å². The molecule has 0 spiro atoms. The molecule has 0 aliphatic carbocycles. The number of anilines is 1. The van der Waals surface area contributed by atoms with Gasteiger partial charge in [-0.25, -0.2) is 4.68 Å². The SMILES string of the molecule is c1ccc(-c2cnn3c2NCC(c2ccccc2)C3)cc1. The summed E-state index contributed by atoms with van der Waals surface area (Å²) < 4.78 is 2.09. The molecule has 0 bridgehead atoms. The van der Waals surface area contributed by atoms with Crippen molar-refractivity contribution in [1.82, 2.24) is 9.78 Å². The van der Waals surface area contributed by atoms with E-state index in [4.69, 9.17) is 0 Å². The molecule has 0 saturated carbocycles. The number of rotatable bonds is 2. The van der Waals surface area contributed by atoms with Gasteiger partial charge in [0.15, 0.2) is 0 Å². The first kappa shape index (κ1) is 12.2. The van der Waals surface area contributed by atoms with Gasteiger partial charge in [-0.15, -0.1) is 0 Å². The summed E-state index contributed by atoms with van der Waals surface area (Å²) in [6.07, 6.45) is 1.96. The minimum absolute atomic E-state index is 0.474. The number of aromatic nitrogens is 2. The molecule has 1 atom stereocenters. The van der Waals surface area contributed by atoms with Gasteiger partial charge >= 0.3 is 0 Å². The van der Waals surface area contributed by atoms with Gasteiger partial charge in [-0.3, -0.25) is 0 Å². The Morgan fingerprint density at radius 2 is 1.67 bits per heavy atom. The Kier molecular flexibility index (Phi) is 2.96. The summed E-state index contributed by atoms with van der Waals surface area (Å²) in [7, 11) is 0. The predicted molar refractivity (Wildman–Crippen MR) is 85.3 cm³/mol. The summed E-state index contributed by atoms with van der Waals surface area (Å²) in [5, 5.41) is 8.12. The van der Waals surface area contributed by atoms with Crippen LogP contribution in [0.5, 0.6) is 0 Å². The van der Waals surface area contributed by atoms with Crippen LogP contribution in [0.25, 0.3) is 11.1 Å². The lowest BCUT2D eigenvalue weighted by Crippen LogP contribution is -2.26. The summed E-state index contributed by atoms with van der Waals surface area (Å²) in [5.41, 5.74) is 3.76. The number of nitrogens with one attached hydrogen (secondary N) is 1. The van der Waals surface area contributed by atoms with Crippen molar-refractivity contribution < 1.29 is 0 Å². The summed E-state index contributed by atoms with van der Waals surface area (Å²) in [5.74, 6) is 1.61. The highest BCUT2D eigenvalue weighted by atomic mass is 15.3. The van der Waals surface area contributed by atoms with Crippen LogP contribution in [-0.2, 0) is 6.54 Å². The van der Waals surface area contributed by atoms with Gasteiger partial charge in [0.25, 0.3) is 0 Å². The third-order valence-electron chi connectivity index (χ3n) is 4.10. The first-order valence-corrected chi connectivity index (χ1v) is 7.32. The van der Waals surface area contributed by atoms with Gasteiger partial charge in [0.1, 0.15) is 5.82 Å². The molecule has 1 unspecified atom stereocenters. The maximum Gasteiger partial charge on any atom is 0.132 e. The molecule has 3 heteroatoms. The van der Waals surface area contributed by atoms with Gasteiger partial charge in [0.05, 0.1) is 12.7 Å². The van der Waals surface area contributed by atoms with Crippen LogP contribution in [0.15, 0.2) is 66.9 Å². The van der Waals surface area contributed by atoms with E-state index in [-0.39, 0.29) is 0 Å². The summed E-state index contributed by atoms with van der Waals surface area (Å²) >= 11 is 0. The van der Waals surface area contributed by atoms with Crippen LogP contribution in [0.3, 0.4) is 0 Å². The van der Waals surface area contributed by atoms with Crippen molar-refractivity contribution in [2.45, 2.75) is 12.5 Å². The molecule has 1 N–H and O–H groups in total. The minimum atomic E-state index is 0.474. The van der Waals surface area contributed by atoms with Crippen molar-refractivity contribution in [1.29, 1.82) is 0 Å². The topological polar surface area (TPSA) is 29.9 Å². The van der Waals surface area contributed by atoms with Crippen LogP contribution in [0.2, 0.25) is 0 Å². The van der Waals surface area contributed by atoms with Crippen LogP contribution < -0.4 is 5.32 Å². The van der Waals surface area contributed by atoms with E-state index in [0.717, 1.165) is 18.9 Å². The van der Waals surface area contributed by atoms with Crippen LogP contribution in [0.4, 0.5) is 5.82 Å². The monoisotopic (exact) mass is 275 g/mol. The molecule has 104 valence electrons. The number of hydrogen-bond acceptors (Lipinski definition) is 2. The molecule has 4 rings (SSSR count). The van der Waals surface area contributed by atoms with Gasteiger partial charge in [-0.05, 0) is 11.1 Å². The van der Waals surface area contributed by atoms with Crippen molar-refractivity contribution in [3.8, 4) is 11.1 Å². The average Bonchev–Trinajstić information content (AvgIpc) is 2.99. The van der Waals surface area contributed by atoms with E-state index in [1.807, 2.05) is 12.3 Å². The molecule has 0 radical (unpaired) electrons. The molecule has 3 aromatic rings. The maximum atomic E-state index is 4.56. The Bertz CT molecular complexity index is 732. The molecule has 21 heavy (non-hydrogen) atoms. The van der Waals surface area contributed by atoms with Crippen LogP contribution in [-0.4, -0.2) is 16.3 Å². The Hall–Kier alpha value is -2.55. The fourth-order valence-corrected chi connectivity index (χ4v) is 2.98. The average molecular weight is 275 g/mol. The number of nitrogens with zero attached hydrogens (tertiary/aromatic N) is 2. The molecule has 2 aromatic carbocycles. The first-order chi connectivity index (χ1) is 10.4. The third-order valence-corrected chi connectivity index (χ3v) is 4.10. The van der Waals surface area contributed by atoms with Crippen molar-refractivity contribution >= 4 is 5.82 Å². The summed E-state index contributed by atoms with van der Waals surface area (Å²) in [4.78, 5) is 0. The Morgan fingerprint density at radius 3 is 2.43 bits per heavy atom. The van der Waals surface area contributed by atoms with E-state index < -0.39 is 0 Å². The zero-order chi connectivity index (χ0) is 14.1. The molecular formula is C18H17N3. The molecule has 0 saturated heterocycles. The molecule has 2 heterocycles. The lowest BCUT2D eigenvalue weighted by atomic mass is 9.97. The van der Waals surface area contributed by atoms with E-state index in [2.05, 4.69) is 69.7 Å². The van der Waals surface area contributed by atoms with Gasteiger partial charge in [-0.2, -0.15) is 5.10 Å². The second-order valence-electron chi connectivity index (χ2n) is 5.44. The standard InChI is InChI=1S/C18H17N3/c1-3-7-14(8-4-1)16-11-19-18-17(12-20-21(18)13-16)15-9-5-2-6-10-15/h1-10,12,16,19H,11,13H2. The highest BCUT2D eigenvalue weighted by Crippen LogP contribution is 2.33. The molecule has 1 aromatic heterocycles. The van der Waals surface area contributed by atoms with Gasteiger partial charge in [0.2, 0.25) is 0 Å². The van der Waals surface area contributed by atoms with Gasteiger partial charge < -0.3 is 5.32 Å². The highest BCUT2D eigenvalue weighted by Gasteiger charge is 2.22. The second-order valence-corrected chi connectivity index (χ2v) is 5.44. The minimum Gasteiger partial charge on any atom is -0.369 e. The van der Waals surface area contributed by atoms with Gasteiger partial charge in [0, 0.05) is 18.0 Å². The van der Waals surface area contributed by atoms with E-state index in [0.29, 0.717) is 5.92 Å². The summed E-state index contributed by atoms with van der Waals surface area (Å²) in [6.45, 7) is 1.88. The molecule has 1 aliphatic rings. The molecule has 0 amide bonds. The normalized spacial score (nSPS) is 17.0. The fraction of sp³-hybridized carbons (Fsp3) is 0.167. The Balaban J connectivity index is 1.65. The lowest BCUT2D eigenvalue weighted by Gasteiger charge is -2.26. The van der Waals surface area contributed by atoms with E-state index in [1.165, 1.54) is 16.7 Å². The number of hydrogen-bond donors (Lipinski definition) is 1. The first-order valence-electron chi connectivity index (χ1n) is 7.32. The van der Waals surface area contributed by atoms with Crippen molar-refractivity contribution in [3.63, 3.8) is 0 Å². The second kappa shape index (κ2) is 5.09. The zero-order valence-electron chi connectivity index (χ0n) is 11.7. The molecule has 3 nitrogen and oxygen atoms in total. The third kappa shape index (κ3) is 2.21. The van der Waals surface area contributed by atoms with Crippen molar-refractivity contribution in [2.24, 2.45) is 0 Å². The smallest absolute Gasteiger partial charge is 0.132 e. The van der Waals surface area contributed by atoms with Crippen LogP contribution in [0, 0.1) is 0 Å². The largest absolute Gasteiger partial charge is 0.369 e. The highest BCUT2D eigenvalue weighted by molar-refractivity contribution is 5.75. The lowest BCUT2D eigenvalue weighted by molar-refractivity contribution is 0.506. The van der Waals surface area contributed by atoms with Crippen molar-refractivity contribution in [2.75, 3.05) is 11.9 Å². The molecular weight excluding hydrogens is 258 g/mol. The van der Waals surface area contributed by atoms with Crippen LogP contribution in [0.1, 0.15) is 11.5 Å². The fourth-order valence-electron chi connectivity index (χ4n) is 2.98. The molecule has 1 aliphatic heterocycles. The quantitative estimate of drug-likeness (QED) is 0.771. The van der Waals surface area contributed by atoms with Gasteiger partial charge in [-0.1, -0.05) is 60.7 Å². The number of fused-ring (bicyclic) bond motifs is 1. The van der Waals surface area contributed by atoms with E-state index >= 15 is 0 Å². The van der Waals surface area contributed by atoms with E-state index in [1.54, 1.807) is 0 Å². The summed E-state index contributed by atoms with van der Waals surface area (Å²) in [6, 6.07) is 21.1. The zero-order valence-corrected chi connectivity index (χ0v) is 11.7. The maximum absolute atomic E-state index is 4.56. The predicted octanol–water partition coefficient (Wildman–Crippen LogP) is 3.76. The number of benzene rings is 2. The Morgan fingerprint density at radius 1 is 0.952 bits per heavy atom.